The molecule has 4 atom stereocenters. The molecule has 1 aromatic rings. The van der Waals surface area contributed by atoms with E-state index in [2.05, 4.69) is 21.2 Å². The summed E-state index contributed by atoms with van der Waals surface area (Å²) in [5.41, 5.74) is 7.34. The summed E-state index contributed by atoms with van der Waals surface area (Å²) in [6, 6.07) is 6.03. The highest BCUT2D eigenvalue weighted by molar-refractivity contribution is 5.82. The fourth-order valence-corrected chi connectivity index (χ4v) is 3.31. The van der Waals surface area contributed by atoms with E-state index < -0.39 is 0 Å². The fraction of sp³-hybridized carbons (Fsp3) is 0.600. The predicted molar refractivity (Wildman–Crippen MR) is 76.6 cm³/mol. The van der Waals surface area contributed by atoms with Crippen LogP contribution >= 0.6 is 0 Å². The second kappa shape index (κ2) is 5.89. The molecule has 1 saturated heterocycles. The lowest BCUT2D eigenvalue weighted by Gasteiger charge is -2.27. The summed E-state index contributed by atoms with van der Waals surface area (Å²) in [4.78, 5) is 16.7. The Hall–Kier alpha value is -1.46. The van der Waals surface area contributed by atoms with Crippen LogP contribution in [0.25, 0.3) is 0 Å². The zero-order valence-electron chi connectivity index (χ0n) is 11.8. The maximum Gasteiger partial charge on any atom is 0.239 e. The number of hydrogen-bond donors (Lipinski definition) is 3. The van der Waals surface area contributed by atoms with Gasteiger partial charge in [-0.3, -0.25) is 15.2 Å². The summed E-state index contributed by atoms with van der Waals surface area (Å²) in [5.74, 6) is 0.490. The van der Waals surface area contributed by atoms with Crippen molar-refractivity contribution in [2.75, 3.05) is 0 Å². The highest BCUT2D eigenvalue weighted by Crippen LogP contribution is 2.30. The topological polar surface area (TPSA) is 66.1 Å². The molecule has 1 amide bonds. The van der Waals surface area contributed by atoms with Gasteiger partial charge in [-0.15, -0.1) is 0 Å². The van der Waals surface area contributed by atoms with E-state index in [9.17, 15) is 4.79 Å². The molecular weight excluding hydrogens is 252 g/mol. The Morgan fingerprint density at radius 3 is 3.00 bits per heavy atom. The molecule has 1 aliphatic carbocycles. The molecule has 20 heavy (non-hydrogen) atoms. The van der Waals surface area contributed by atoms with Crippen LogP contribution in [0.4, 0.5) is 0 Å². The second-order valence-corrected chi connectivity index (χ2v) is 5.81. The first-order chi connectivity index (χ1) is 9.75. The number of hydrogen-bond acceptors (Lipinski definition) is 4. The Labute approximate surface area is 119 Å². The largest absolute Gasteiger partial charge is 0.347 e. The van der Waals surface area contributed by atoms with Gasteiger partial charge in [0, 0.05) is 18.2 Å². The van der Waals surface area contributed by atoms with E-state index in [1.54, 1.807) is 6.20 Å². The number of hydrazine groups is 1. The van der Waals surface area contributed by atoms with Crippen LogP contribution < -0.4 is 16.2 Å². The van der Waals surface area contributed by atoms with Gasteiger partial charge < -0.3 is 5.32 Å². The molecule has 2 aliphatic rings. The van der Waals surface area contributed by atoms with E-state index in [1.807, 2.05) is 25.1 Å². The third kappa shape index (κ3) is 2.69. The first-order valence-electron chi connectivity index (χ1n) is 7.48. The molecular formula is C15H22N4O. The summed E-state index contributed by atoms with van der Waals surface area (Å²) in [5, 5.41) is 3.07. The van der Waals surface area contributed by atoms with Crippen LogP contribution in [-0.4, -0.2) is 23.0 Å². The molecule has 108 valence electrons. The van der Waals surface area contributed by atoms with Crippen molar-refractivity contribution in [3.63, 3.8) is 0 Å². The molecule has 1 aliphatic heterocycles. The number of amides is 1. The van der Waals surface area contributed by atoms with Crippen molar-refractivity contribution >= 4 is 5.91 Å². The van der Waals surface area contributed by atoms with Gasteiger partial charge in [0.1, 0.15) is 6.04 Å². The van der Waals surface area contributed by atoms with Crippen LogP contribution in [0.1, 0.15) is 44.3 Å². The normalized spacial score (nSPS) is 30.6. The first-order valence-corrected chi connectivity index (χ1v) is 7.48. The van der Waals surface area contributed by atoms with Crippen molar-refractivity contribution in [1.82, 2.24) is 21.2 Å². The van der Waals surface area contributed by atoms with Gasteiger partial charge in [-0.25, -0.2) is 5.43 Å². The van der Waals surface area contributed by atoms with Crippen LogP contribution in [0.5, 0.6) is 0 Å². The minimum absolute atomic E-state index is 0.0619. The molecule has 2 heterocycles. The van der Waals surface area contributed by atoms with Gasteiger partial charge in [-0.1, -0.05) is 18.9 Å². The molecule has 3 rings (SSSR count). The van der Waals surface area contributed by atoms with E-state index in [1.165, 1.54) is 12.8 Å². The van der Waals surface area contributed by atoms with Gasteiger partial charge in [0.2, 0.25) is 5.91 Å². The van der Waals surface area contributed by atoms with E-state index in [0.717, 1.165) is 18.5 Å². The molecule has 0 bridgehead atoms. The molecule has 5 heteroatoms. The smallest absolute Gasteiger partial charge is 0.239 e. The highest BCUT2D eigenvalue weighted by atomic mass is 16.2. The lowest BCUT2D eigenvalue weighted by molar-refractivity contribution is -0.124. The fourth-order valence-electron chi connectivity index (χ4n) is 3.31. The van der Waals surface area contributed by atoms with E-state index in [4.69, 9.17) is 0 Å². The van der Waals surface area contributed by atoms with Crippen LogP contribution in [0, 0.1) is 5.92 Å². The Morgan fingerprint density at radius 2 is 2.20 bits per heavy atom. The minimum Gasteiger partial charge on any atom is -0.347 e. The number of fused-ring (bicyclic) bond motifs is 1. The van der Waals surface area contributed by atoms with Crippen molar-refractivity contribution in [2.24, 2.45) is 5.92 Å². The second-order valence-electron chi connectivity index (χ2n) is 5.81. The zero-order chi connectivity index (χ0) is 13.9. The number of carbonyl (C=O) groups excluding carboxylic acids is 1. The van der Waals surface area contributed by atoms with Crippen molar-refractivity contribution in [3.8, 4) is 0 Å². The average molecular weight is 274 g/mol. The molecule has 2 fully saturated rings. The highest BCUT2D eigenvalue weighted by Gasteiger charge is 2.41. The quantitative estimate of drug-likeness (QED) is 0.777. The van der Waals surface area contributed by atoms with Gasteiger partial charge >= 0.3 is 0 Å². The van der Waals surface area contributed by atoms with E-state index in [-0.39, 0.29) is 18.0 Å². The minimum atomic E-state index is -0.119. The van der Waals surface area contributed by atoms with Gasteiger partial charge in [0.15, 0.2) is 0 Å². The summed E-state index contributed by atoms with van der Waals surface area (Å²) >= 11 is 0. The third-order valence-electron chi connectivity index (χ3n) is 4.44. The Morgan fingerprint density at radius 1 is 1.35 bits per heavy atom. The average Bonchev–Trinajstić information content (AvgIpc) is 2.92. The molecule has 0 radical (unpaired) electrons. The van der Waals surface area contributed by atoms with Gasteiger partial charge in [0.05, 0.1) is 11.7 Å². The number of nitrogens with one attached hydrogen (secondary N) is 3. The van der Waals surface area contributed by atoms with Crippen LogP contribution in [-0.2, 0) is 4.79 Å². The molecule has 4 unspecified atom stereocenters. The zero-order valence-corrected chi connectivity index (χ0v) is 11.8. The molecule has 0 aromatic carbocycles. The molecule has 3 N–H and O–H groups in total. The van der Waals surface area contributed by atoms with E-state index in [0.29, 0.717) is 12.0 Å². The van der Waals surface area contributed by atoms with Crippen LogP contribution in [0.15, 0.2) is 24.4 Å². The maximum absolute atomic E-state index is 12.4. The third-order valence-corrected chi connectivity index (χ3v) is 4.44. The molecule has 1 saturated carbocycles. The SMILES string of the molecule is CC(NC(=O)C1NNC2CCCCC21)c1ccccn1. The summed E-state index contributed by atoms with van der Waals surface area (Å²) in [7, 11) is 0. The van der Waals surface area contributed by atoms with Crippen LogP contribution in [0.3, 0.4) is 0 Å². The number of nitrogens with zero attached hydrogens (tertiary/aromatic N) is 1. The van der Waals surface area contributed by atoms with Gasteiger partial charge in [-0.05, 0) is 31.9 Å². The van der Waals surface area contributed by atoms with Crippen molar-refractivity contribution < 1.29 is 4.79 Å². The number of rotatable bonds is 3. The number of aromatic nitrogens is 1. The standard InChI is InChI=1S/C15H22N4O/c1-10(12-7-4-5-9-16-12)17-15(20)14-11-6-2-3-8-13(11)18-19-14/h4-5,7,9-11,13-14,18-19H,2-3,6,8H2,1H3,(H,17,20). The monoisotopic (exact) mass is 274 g/mol. The van der Waals surface area contributed by atoms with Gasteiger partial charge in [-0.2, -0.15) is 0 Å². The molecule has 1 aromatic heterocycles. The Bertz CT molecular complexity index is 464. The van der Waals surface area contributed by atoms with Crippen molar-refractivity contribution in [1.29, 1.82) is 0 Å². The lowest BCUT2D eigenvalue weighted by Crippen LogP contribution is -2.46. The van der Waals surface area contributed by atoms with Crippen molar-refractivity contribution in [2.45, 2.75) is 50.7 Å². The predicted octanol–water partition coefficient (Wildman–Crippen LogP) is 1.29. The maximum atomic E-state index is 12.4. The number of carbonyl (C=O) groups is 1. The lowest BCUT2D eigenvalue weighted by atomic mass is 9.81. The summed E-state index contributed by atoms with van der Waals surface area (Å²) < 4.78 is 0. The van der Waals surface area contributed by atoms with Crippen LogP contribution in [0.2, 0.25) is 0 Å². The Balaban J connectivity index is 1.62. The summed E-state index contributed by atoms with van der Waals surface area (Å²) in [6.07, 6.45) is 6.53. The van der Waals surface area contributed by atoms with Crippen molar-refractivity contribution in [3.05, 3.63) is 30.1 Å². The summed E-state index contributed by atoms with van der Waals surface area (Å²) in [6.45, 7) is 1.97. The van der Waals surface area contributed by atoms with E-state index >= 15 is 0 Å². The molecule has 0 spiro atoms. The Kier molecular flexibility index (Phi) is 3.98. The molecule has 5 nitrogen and oxygen atoms in total. The first kappa shape index (κ1) is 13.5. The van der Waals surface area contributed by atoms with Gasteiger partial charge in [0.25, 0.3) is 0 Å². The number of pyridine rings is 1.